The van der Waals surface area contributed by atoms with Crippen LogP contribution in [0.3, 0.4) is 0 Å². The Labute approximate surface area is 179 Å². The molecule has 0 atom stereocenters. The summed E-state index contributed by atoms with van der Waals surface area (Å²) in [7, 11) is 0. The normalized spacial score (nSPS) is 13.4. The second-order valence-corrected chi connectivity index (χ2v) is 7.11. The summed E-state index contributed by atoms with van der Waals surface area (Å²) in [6.45, 7) is 0.0605. The van der Waals surface area contributed by atoms with E-state index in [2.05, 4.69) is 15.5 Å². The first-order chi connectivity index (χ1) is 15.1. The Morgan fingerprint density at radius 2 is 1.87 bits per heavy atom. The topological polar surface area (TPSA) is 108 Å². The van der Waals surface area contributed by atoms with Gasteiger partial charge in [-0.05, 0) is 24.5 Å². The highest BCUT2D eigenvalue weighted by Crippen LogP contribution is 2.16. The van der Waals surface area contributed by atoms with Crippen molar-refractivity contribution < 1.29 is 19.2 Å². The van der Waals surface area contributed by atoms with Crippen molar-refractivity contribution in [3.05, 3.63) is 83.0 Å². The lowest BCUT2D eigenvalue weighted by molar-refractivity contribution is -0.125. The number of hydrogen-bond acceptors (Lipinski definition) is 7. The molecule has 0 radical (unpaired) electrons. The van der Waals surface area contributed by atoms with Gasteiger partial charge < -0.3 is 9.63 Å². The summed E-state index contributed by atoms with van der Waals surface area (Å²) < 4.78 is 5.30. The highest BCUT2D eigenvalue weighted by molar-refractivity contribution is 6.09. The zero-order chi connectivity index (χ0) is 21.6. The molecule has 1 aromatic heterocycles. The smallest absolute Gasteiger partial charge is 0.251 e. The zero-order valence-corrected chi connectivity index (χ0v) is 16.8. The van der Waals surface area contributed by atoms with E-state index in [1.807, 2.05) is 54.6 Å². The first-order valence-electron chi connectivity index (χ1n) is 10.0. The Balaban J connectivity index is 1.37. The predicted octanol–water partition coefficient (Wildman–Crippen LogP) is 2.29. The molecule has 1 aliphatic heterocycles. The van der Waals surface area contributed by atoms with E-state index in [0.717, 1.165) is 11.3 Å². The van der Waals surface area contributed by atoms with E-state index in [-0.39, 0.29) is 31.4 Å². The molecule has 0 bridgehead atoms. The van der Waals surface area contributed by atoms with Crippen LogP contribution in [0.25, 0.3) is 0 Å². The lowest BCUT2D eigenvalue weighted by Gasteiger charge is -2.16. The number of nitrogens with one attached hydrogen (secondary N) is 1. The molecule has 0 fully saturated rings. The van der Waals surface area contributed by atoms with Gasteiger partial charge >= 0.3 is 0 Å². The maximum atomic E-state index is 12.6. The lowest BCUT2D eigenvalue weighted by Crippen LogP contribution is -2.38. The van der Waals surface area contributed by atoms with E-state index in [0.29, 0.717) is 35.8 Å². The Morgan fingerprint density at radius 3 is 2.68 bits per heavy atom. The fourth-order valence-electron chi connectivity index (χ4n) is 3.36. The number of anilines is 1. The molecule has 0 aliphatic carbocycles. The minimum atomic E-state index is -0.179. The van der Waals surface area contributed by atoms with Crippen molar-refractivity contribution in [1.29, 1.82) is 0 Å². The Bertz CT molecular complexity index is 1110. The lowest BCUT2D eigenvalue weighted by atomic mass is 9.99. The van der Waals surface area contributed by atoms with Crippen molar-refractivity contribution in [3.63, 3.8) is 0 Å². The fraction of sp³-hybridized carbons (Fsp3) is 0.217. The predicted molar refractivity (Wildman–Crippen MR) is 115 cm³/mol. The molecule has 0 spiro atoms. The van der Waals surface area contributed by atoms with Gasteiger partial charge in [-0.1, -0.05) is 53.7 Å². The average molecular weight is 418 g/mol. The number of rotatable bonds is 8. The number of aliphatic hydroxyl groups is 1. The van der Waals surface area contributed by atoms with Crippen molar-refractivity contribution in [3.8, 4) is 0 Å². The number of nitrogens with zero attached hydrogens (tertiary/aromatic N) is 3. The molecule has 1 aliphatic rings. The summed E-state index contributed by atoms with van der Waals surface area (Å²) in [5.74, 6) is 0.532. The number of aliphatic imine (C=N–C) groups is 1. The summed E-state index contributed by atoms with van der Waals surface area (Å²) in [4.78, 5) is 29.9. The van der Waals surface area contributed by atoms with Crippen LogP contribution >= 0.6 is 0 Å². The number of carbonyl (C=O) groups excluding carboxylic acids is 2. The molecule has 3 aromatic rings. The van der Waals surface area contributed by atoms with Crippen LogP contribution in [-0.4, -0.2) is 52.5 Å². The van der Waals surface area contributed by atoms with Crippen molar-refractivity contribution in [2.75, 3.05) is 25.0 Å². The third-order valence-corrected chi connectivity index (χ3v) is 4.93. The maximum absolute atomic E-state index is 12.6. The number of ketones is 1. The number of hydrogen-bond donors (Lipinski definition) is 2. The minimum Gasteiger partial charge on any atom is -0.395 e. The summed E-state index contributed by atoms with van der Waals surface area (Å²) in [6, 6.07) is 18.5. The molecule has 2 aromatic carbocycles. The van der Waals surface area contributed by atoms with Gasteiger partial charge in [-0.3, -0.25) is 19.8 Å². The number of β-amino-alcohol motifs (C(OH)–C–C–N with tert-alkyl or cyclic N) is 1. The number of guanidine groups is 1. The molecule has 0 saturated heterocycles. The first kappa shape index (κ1) is 20.5. The molecule has 0 unspecified atom stereocenters. The largest absolute Gasteiger partial charge is 0.395 e. The van der Waals surface area contributed by atoms with Crippen LogP contribution in [0.5, 0.6) is 0 Å². The molecule has 8 heteroatoms. The second-order valence-electron chi connectivity index (χ2n) is 7.11. The van der Waals surface area contributed by atoms with E-state index in [9.17, 15) is 9.59 Å². The van der Waals surface area contributed by atoms with Gasteiger partial charge in [-0.2, -0.15) is 0 Å². The van der Waals surface area contributed by atoms with Crippen LogP contribution in [-0.2, 0) is 17.6 Å². The standard InChI is InChI=1S/C23H22N4O4/c28-12-11-27-21(29)15-24-23(27)25-20-14-19(26-31-20)10-9-16-5-4-8-18(13-16)22(30)17-6-2-1-3-7-17/h1-8,13-14,28H,9-12,15H2,(H,24,25). The van der Waals surface area contributed by atoms with Gasteiger partial charge in [0.05, 0.1) is 18.8 Å². The SMILES string of the molecule is O=C(c1ccccc1)c1cccc(CCc2cc(NC3=NCC(=O)N3CCO)on2)c1. The van der Waals surface area contributed by atoms with Gasteiger partial charge in [0.15, 0.2) is 5.78 Å². The minimum absolute atomic E-state index is 0.00492. The molecule has 158 valence electrons. The Hall–Kier alpha value is -3.78. The maximum Gasteiger partial charge on any atom is 0.251 e. The van der Waals surface area contributed by atoms with Crippen LogP contribution in [0.1, 0.15) is 27.2 Å². The molecule has 8 nitrogen and oxygen atoms in total. The van der Waals surface area contributed by atoms with Crippen molar-refractivity contribution in [2.24, 2.45) is 4.99 Å². The highest BCUT2D eigenvalue weighted by Gasteiger charge is 2.25. The van der Waals surface area contributed by atoms with E-state index in [4.69, 9.17) is 9.63 Å². The van der Waals surface area contributed by atoms with Crippen LogP contribution in [0.15, 0.2) is 70.2 Å². The van der Waals surface area contributed by atoms with E-state index in [1.165, 1.54) is 4.90 Å². The summed E-state index contributed by atoms with van der Waals surface area (Å²) >= 11 is 0. The molecule has 0 saturated carbocycles. The van der Waals surface area contributed by atoms with Crippen LogP contribution in [0.4, 0.5) is 5.88 Å². The number of benzene rings is 2. The molecule has 31 heavy (non-hydrogen) atoms. The van der Waals surface area contributed by atoms with Crippen molar-refractivity contribution in [2.45, 2.75) is 12.8 Å². The highest BCUT2D eigenvalue weighted by atomic mass is 16.5. The van der Waals surface area contributed by atoms with Crippen molar-refractivity contribution in [1.82, 2.24) is 10.1 Å². The van der Waals surface area contributed by atoms with Crippen molar-refractivity contribution >= 4 is 23.5 Å². The van der Waals surface area contributed by atoms with Crippen LogP contribution < -0.4 is 5.32 Å². The fourth-order valence-corrected chi connectivity index (χ4v) is 3.36. The van der Waals surface area contributed by atoms with Crippen LogP contribution in [0.2, 0.25) is 0 Å². The number of aromatic nitrogens is 1. The molecule has 4 rings (SSSR count). The Kier molecular flexibility index (Phi) is 6.18. The molecule has 1 amide bonds. The van der Waals surface area contributed by atoms with E-state index < -0.39 is 0 Å². The summed E-state index contributed by atoms with van der Waals surface area (Å²) in [5.41, 5.74) is 3.08. The zero-order valence-electron chi connectivity index (χ0n) is 16.8. The molecular formula is C23H22N4O4. The number of aliphatic hydroxyl groups excluding tert-OH is 1. The quantitative estimate of drug-likeness (QED) is 0.544. The number of amides is 1. The second kappa shape index (κ2) is 9.36. The number of carbonyl (C=O) groups is 2. The molecular weight excluding hydrogens is 396 g/mol. The third-order valence-electron chi connectivity index (χ3n) is 4.93. The van der Waals surface area contributed by atoms with Gasteiger partial charge in [0.25, 0.3) is 5.91 Å². The van der Waals surface area contributed by atoms with E-state index >= 15 is 0 Å². The molecule has 2 N–H and O–H groups in total. The van der Waals surface area contributed by atoms with Gasteiger partial charge in [0.1, 0.15) is 6.54 Å². The Morgan fingerprint density at radius 1 is 1.06 bits per heavy atom. The van der Waals surface area contributed by atoms with Gasteiger partial charge in [-0.15, -0.1) is 0 Å². The van der Waals surface area contributed by atoms with Crippen LogP contribution in [0, 0.1) is 0 Å². The summed E-state index contributed by atoms with van der Waals surface area (Å²) in [5, 5.41) is 16.1. The van der Waals surface area contributed by atoms with Gasteiger partial charge in [-0.25, -0.2) is 4.99 Å². The first-order valence-corrected chi connectivity index (χ1v) is 10.0. The monoisotopic (exact) mass is 418 g/mol. The molecule has 2 heterocycles. The van der Waals surface area contributed by atoms with E-state index in [1.54, 1.807) is 6.07 Å². The average Bonchev–Trinajstić information content (AvgIpc) is 3.40. The van der Waals surface area contributed by atoms with Gasteiger partial charge in [0, 0.05) is 17.2 Å². The van der Waals surface area contributed by atoms with Gasteiger partial charge in [0.2, 0.25) is 11.8 Å². The summed E-state index contributed by atoms with van der Waals surface area (Å²) in [6.07, 6.45) is 1.32. The number of aryl methyl sites for hydroxylation is 2. The third kappa shape index (κ3) is 4.87.